The molecule has 4 heteroatoms. The largest absolute Gasteiger partial charge is 0.330 e. The highest BCUT2D eigenvalue weighted by atomic mass is 16.2. The fourth-order valence-electron chi connectivity index (χ4n) is 2.22. The molecule has 0 aliphatic carbocycles. The van der Waals surface area contributed by atoms with Gasteiger partial charge in [0.15, 0.2) is 5.78 Å². The van der Waals surface area contributed by atoms with Gasteiger partial charge in [-0.2, -0.15) is 0 Å². The molecule has 2 rings (SSSR count). The van der Waals surface area contributed by atoms with Crippen molar-refractivity contribution in [1.29, 1.82) is 0 Å². The van der Waals surface area contributed by atoms with E-state index in [4.69, 9.17) is 0 Å². The molecule has 1 amide bonds. The number of ketones is 1. The highest BCUT2D eigenvalue weighted by Gasteiger charge is 2.39. The Morgan fingerprint density at radius 2 is 2.06 bits per heavy atom. The van der Waals surface area contributed by atoms with Gasteiger partial charge in [-0.25, -0.2) is 0 Å². The normalized spacial score (nSPS) is 18.5. The number of rotatable bonds is 2. The molecule has 0 saturated carbocycles. The molecule has 90 valence electrons. The van der Waals surface area contributed by atoms with E-state index in [2.05, 4.69) is 4.98 Å². The third-order valence-electron chi connectivity index (χ3n) is 3.10. The molecule has 17 heavy (non-hydrogen) atoms. The van der Waals surface area contributed by atoms with Crippen molar-refractivity contribution >= 4 is 11.7 Å². The number of Topliss-reactive ketones (excluding diaryl/α,β-unsaturated/α-hetero) is 1. The fraction of sp³-hybridized carbons (Fsp3) is 0.462. The molecule has 1 aliphatic heterocycles. The minimum Gasteiger partial charge on any atom is -0.330 e. The first-order valence-electron chi connectivity index (χ1n) is 5.70. The van der Waals surface area contributed by atoms with Crippen molar-refractivity contribution in [1.82, 2.24) is 9.88 Å². The van der Waals surface area contributed by atoms with E-state index in [0.29, 0.717) is 12.8 Å². The van der Waals surface area contributed by atoms with Crippen molar-refractivity contribution in [2.75, 3.05) is 6.54 Å². The molecule has 0 spiro atoms. The average Bonchev–Trinajstić information content (AvgIpc) is 2.53. The lowest BCUT2D eigenvalue weighted by molar-refractivity contribution is -0.134. The minimum atomic E-state index is -0.346. The van der Waals surface area contributed by atoms with E-state index in [-0.39, 0.29) is 23.8 Å². The van der Waals surface area contributed by atoms with E-state index in [0.717, 1.165) is 5.56 Å². The number of pyridine rings is 1. The Morgan fingerprint density at radius 1 is 1.41 bits per heavy atom. The maximum absolute atomic E-state index is 12.1. The van der Waals surface area contributed by atoms with Crippen molar-refractivity contribution in [2.24, 2.45) is 0 Å². The monoisotopic (exact) mass is 232 g/mol. The average molecular weight is 232 g/mol. The third kappa shape index (κ3) is 2.52. The van der Waals surface area contributed by atoms with Crippen LogP contribution in [-0.4, -0.2) is 33.7 Å². The van der Waals surface area contributed by atoms with E-state index in [9.17, 15) is 9.59 Å². The third-order valence-corrected chi connectivity index (χ3v) is 3.10. The molecule has 0 atom stereocenters. The molecule has 0 unspecified atom stereocenters. The SMILES string of the molecule is CC1(C)CC(=O)CN1C(=O)Cc1ccncc1. The van der Waals surface area contributed by atoms with E-state index in [1.54, 1.807) is 17.3 Å². The zero-order valence-electron chi connectivity index (χ0n) is 10.1. The molecule has 4 nitrogen and oxygen atoms in total. The van der Waals surface area contributed by atoms with Crippen LogP contribution in [0.25, 0.3) is 0 Å². The number of nitrogens with zero attached hydrogens (tertiary/aromatic N) is 2. The topological polar surface area (TPSA) is 50.3 Å². The van der Waals surface area contributed by atoms with Gasteiger partial charge >= 0.3 is 0 Å². The van der Waals surface area contributed by atoms with E-state index in [1.165, 1.54) is 0 Å². The Labute approximate surface area is 101 Å². The van der Waals surface area contributed by atoms with Crippen LogP contribution in [0.4, 0.5) is 0 Å². The summed E-state index contributed by atoms with van der Waals surface area (Å²) in [7, 11) is 0. The number of hydrogen-bond acceptors (Lipinski definition) is 3. The van der Waals surface area contributed by atoms with Gasteiger partial charge in [0, 0.05) is 24.4 Å². The second kappa shape index (κ2) is 4.28. The summed E-state index contributed by atoms with van der Waals surface area (Å²) in [5.41, 5.74) is 0.585. The molecule has 0 radical (unpaired) electrons. The van der Waals surface area contributed by atoms with Gasteiger partial charge in [0.1, 0.15) is 0 Å². The molecule has 1 saturated heterocycles. The summed E-state index contributed by atoms with van der Waals surface area (Å²) in [4.78, 5) is 29.1. The number of aromatic nitrogens is 1. The van der Waals surface area contributed by atoms with Gasteiger partial charge in [0.2, 0.25) is 5.91 Å². The van der Waals surface area contributed by atoms with E-state index >= 15 is 0 Å². The lowest BCUT2D eigenvalue weighted by Gasteiger charge is -2.30. The van der Waals surface area contributed by atoms with Crippen LogP contribution in [0.3, 0.4) is 0 Å². The summed E-state index contributed by atoms with van der Waals surface area (Å²) in [6, 6.07) is 3.64. The highest BCUT2D eigenvalue weighted by molar-refractivity contribution is 5.91. The Morgan fingerprint density at radius 3 is 2.59 bits per heavy atom. The van der Waals surface area contributed by atoms with Gasteiger partial charge in [-0.1, -0.05) is 0 Å². The van der Waals surface area contributed by atoms with Crippen molar-refractivity contribution in [3.63, 3.8) is 0 Å². The van der Waals surface area contributed by atoms with Gasteiger partial charge < -0.3 is 4.90 Å². The molecule has 0 N–H and O–H groups in total. The van der Waals surface area contributed by atoms with Crippen molar-refractivity contribution in [3.05, 3.63) is 30.1 Å². The lowest BCUT2D eigenvalue weighted by Crippen LogP contribution is -2.43. The molecular weight excluding hydrogens is 216 g/mol. The molecular formula is C13H16N2O2. The molecule has 1 fully saturated rings. The van der Waals surface area contributed by atoms with E-state index < -0.39 is 0 Å². The van der Waals surface area contributed by atoms with Crippen LogP contribution in [0.2, 0.25) is 0 Å². The summed E-state index contributed by atoms with van der Waals surface area (Å²) >= 11 is 0. The number of hydrogen-bond donors (Lipinski definition) is 0. The predicted molar refractivity (Wildman–Crippen MR) is 63.4 cm³/mol. The van der Waals surface area contributed by atoms with Crippen LogP contribution in [0.5, 0.6) is 0 Å². The van der Waals surface area contributed by atoms with Crippen LogP contribution >= 0.6 is 0 Å². The smallest absolute Gasteiger partial charge is 0.227 e. The van der Waals surface area contributed by atoms with Gasteiger partial charge in [0.25, 0.3) is 0 Å². The number of carbonyl (C=O) groups is 2. The zero-order valence-corrected chi connectivity index (χ0v) is 10.1. The van der Waals surface area contributed by atoms with Crippen LogP contribution < -0.4 is 0 Å². The van der Waals surface area contributed by atoms with Gasteiger partial charge in [-0.15, -0.1) is 0 Å². The minimum absolute atomic E-state index is 0.00653. The number of likely N-dealkylation sites (tertiary alicyclic amines) is 1. The number of amides is 1. The Kier molecular flexibility index (Phi) is 2.96. The molecule has 1 aromatic rings. The second-order valence-corrected chi connectivity index (χ2v) is 5.04. The highest BCUT2D eigenvalue weighted by Crippen LogP contribution is 2.26. The number of carbonyl (C=O) groups excluding carboxylic acids is 2. The summed E-state index contributed by atoms with van der Waals surface area (Å²) in [6.07, 6.45) is 4.13. The molecule has 1 aliphatic rings. The fourth-order valence-corrected chi connectivity index (χ4v) is 2.22. The first-order chi connectivity index (χ1) is 7.99. The summed E-state index contributed by atoms with van der Waals surface area (Å²) in [5, 5.41) is 0. The lowest BCUT2D eigenvalue weighted by atomic mass is 10.0. The van der Waals surface area contributed by atoms with Crippen LogP contribution in [0, 0.1) is 0 Å². The Hall–Kier alpha value is -1.71. The van der Waals surface area contributed by atoms with Crippen LogP contribution in [0.15, 0.2) is 24.5 Å². The van der Waals surface area contributed by atoms with Crippen LogP contribution in [-0.2, 0) is 16.0 Å². The van der Waals surface area contributed by atoms with E-state index in [1.807, 2.05) is 26.0 Å². The van der Waals surface area contributed by atoms with Gasteiger partial charge in [-0.05, 0) is 31.5 Å². The Bertz CT molecular complexity index is 440. The van der Waals surface area contributed by atoms with Crippen molar-refractivity contribution in [2.45, 2.75) is 32.2 Å². The summed E-state index contributed by atoms with van der Waals surface area (Å²) in [6.45, 7) is 4.11. The first kappa shape index (κ1) is 11.8. The van der Waals surface area contributed by atoms with Crippen molar-refractivity contribution < 1.29 is 9.59 Å². The molecule has 0 bridgehead atoms. The van der Waals surface area contributed by atoms with Crippen LogP contribution in [0.1, 0.15) is 25.8 Å². The first-order valence-corrected chi connectivity index (χ1v) is 5.70. The summed E-state index contributed by atoms with van der Waals surface area (Å²) < 4.78 is 0. The standard InChI is InChI=1S/C13H16N2O2/c1-13(2)8-11(16)9-15(13)12(17)7-10-3-5-14-6-4-10/h3-6H,7-9H2,1-2H3. The molecule has 0 aromatic carbocycles. The van der Waals surface area contributed by atoms with Gasteiger partial charge in [0.05, 0.1) is 13.0 Å². The maximum atomic E-state index is 12.1. The zero-order chi connectivity index (χ0) is 12.5. The predicted octanol–water partition coefficient (Wildman–Crippen LogP) is 1.20. The van der Waals surface area contributed by atoms with Crippen molar-refractivity contribution in [3.8, 4) is 0 Å². The summed E-state index contributed by atoms with van der Waals surface area (Å²) in [5.74, 6) is 0.144. The maximum Gasteiger partial charge on any atom is 0.227 e. The quantitative estimate of drug-likeness (QED) is 0.770. The Balaban J connectivity index is 2.09. The van der Waals surface area contributed by atoms with Gasteiger partial charge in [-0.3, -0.25) is 14.6 Å². The second-order valence-electron chi connectivity index (χ2n) is 5.04. The molecule has 1 aromatic heterocycles. The molecule has 2 heterocycles.